The van der Waals surface area contributed by atoms with Gasteiger partial charge in [-0.3, -0.25) is 10.1 Å². The van der Waals surface area contributed by atoms with Crippen molar-refractivity contribution >= 4 is 5.91 Å². The van der Waals surface area contributed by atoms with Crippen LogP contribution in [0, 0.1) is 29.6 Å². The van der Waals surface area contributed by atoms with Gasteiger partial charge in [0.2, 0.25) is 5.91 Å². The van der Waals surface area contributed by atoms with Gasteiger partial charge in [0, 0.05) is 6.04 Å². The summed E-state index contributed by atoms with van der Waals surface area (Å²) in [5.41, 5.74) is -0.329. The zero-order valence-corrected chi connectivity index (χ0v) is 13.2. The summed E-state index contributed by atoms with van der Waals surface area (Å²) in [7, 11) is 0. The lowest BCUT2D eigenvalue weighted by Crippen LogP contribution is -2.45. The summed E-state index contributed by atoms with van der Waals surface area (Å²) in [5.74, 6) is 4.43. The molecule has 3 heteroatoms. The van der Waals surface area contributed by atoms with E-state index in [9.17, 15) is 4.79 Å². The molecule has 3 aliphatic carbocycles. The molecule has 3 saturated carbocycles. The number of fused-ring (bicyclic) bond motifs is 5. The minimum atomic E-state index is -0.329. The first kappa shape index (κ1) is 13.1. The molecule has 1 saturated heterocycles. The van der Waals surface area contributed by atoms with Gasteiger partial charge in [0.25, 0.3) is 0 Å². The highest BCUT2D eigenvalue weighted by Crippen LogP contribution is 2.68. The monoisotopic (exact) mass is 276 g/mol. The number of nitrogens with zero attached hydrogens (tertiary/aromatic N) is 1. The molecule has 6 unspecified atom stereocenters. The van der Waals surface area contributed by atoms with E-state index in [-0.39, 0.29) is 11.7 Å². The quantitative estimate of drug-likeness (QED) is 0.859. The Morgan fingerprint density at radius 2 is 1.90 bits per heavy atom. The van der Waals surface area contributed by atoms with Crippen molar-refractivity contribution in [3.63, 3.8) is 0 Å². The van der Waals surface area contributed by atoms with Gasteiger partial charge in [0.05, 0.1) is 11.7 Å². The molecule has 1 heterocycles. The van der Waals surface area contributed by atoms with E-state index in [4.69, 9.17) is 0 Å². The number of nitrogens with one attached hydrogen (secondary N) is 1. The van der Waals surface area contributed by atoms with Crippen molar-refractivity contribution in [3.05, 3.63) is 0 Å². The number of hydrogen-bond acceptors (Lipinski definition) is 2. The topological polar surface area (TPSA) is 32.3 Å². The highest BCUT2D eigenvalue weighted by atomic mass is 16.2. The van der Waals surface area contributed by atoms with Gasteiger partial charge in [-0.2, -0.15) is 0 Å². The van der Waals surface area contributed by atoms with Crippen molar-refractivity contribution in [1.82, 2.24) is 10.2 Å². The van der Waals surface area contributed by atoms with Crippen LogP contribution in [0.5, 0.6) is 0 Å². The minimum Gasteiger partial charge on any atom is -0.322 e. The summed E-state index contributed by atoms with van der Waals surface area (Å²) < 4.78 is 0. The maximum atomic E-state index is 13.0. The number of hydrogen-bond donors (Lipinski definition) is 1. The molecule has 0 aromatic heterocycles. The van der Waals surface area contributed by atoms with Crippen molar-refractivity contribution in [2.45, 2.75) is 71.1 Å². The Morgan fingerprint density at radius 3 is 2.40 bits per heavy atom. The van der Waals surface area contributed by atoms with Crippen LogP contribution in [0.3, 0.4) is 0 Å². The molecule has 4 rings (SSSR count). The molecule has 1 N–H and O–H groups in total. The zero-order chi connectivity index (χ0) is 14.2. The molecule has 6 atom stereocenters. The number of amides is 1. The summed E-state index contributed by atoms with van der Waals surface area (Å²) in [5, 5.41) is 3.65. The van der Waals surface area contributed by atoms with E-state index in [0.717, 1.165) is 30.1 Å². The summed E-state index contributed by atoms with van der Waals surface area (Å²) in [6.45, 7) is 8.71. The highest BCUT2D eigenvalue weighted by Gasteiger charge is 2.70. The smallest absolute Gasteiger partial charge is 0.244 e. The van der Waals surface area contributed by atoms with Crippen molar-refractivity contribution in [2.75, 3.05) is 0 Å². The fraction of sp³-hybridized carbons (Fsp3) is 0.941. The summed E-state index contributed by atoms with van der Waals surface area (Å²) in [4.78, 5) is 15.3. The Kier molecular flexibility index (Phi) is 2.62. The second-order valence-corrected chi connectivity index (χ2v) is 8.21. The van der Waals surface area contributed by atoms with Crippen LogP contribution in [0.2, 0.25) is 0 Å². The van der Waals surface area contributed by atoms with Gasteiger partial charge in [0.1, 0.15) is 0 Å². The van der Waals surface area contributed by atoms with Gasteiger partial charge in [0.15, 0.2) is 0 Å². The van der Waals surface area contributed by atoms with E-state index >= 15 is 0 Å². The van der Waals surface area contributed by atoms with E-state index in [1.807, 2.05) is 0 Å². The molecule has 3 nitrogen and oxygen atoms in total. The first-order valence-electron chi connectivity index (χ1n) is 8.58. The van der Waals surface area contributed by atoms with Gasteiger partial charge in [-0.15, -0.1) is 0 Å². The zero-order valence-electron chi connectivity index (χ0n) is 13.2. The molecule has 0 aromatic rings. The van der Waals surface area contributed by atoms with Gasteiger partial charge in [-0.1, -0.05) is 20.8 Å². The third-order valence-electron chi connectivity index (χ3n) is 6.83. The molecule has 1 aliphatic heterocycles. The molecular formula is C17H28N2O. The first-order chi connectivity index (χ1) is 9.48. The molecular weight excluding hydrogens is 248 g/mol. The van der Waals surface area contributed by atoms with E-state index < -0.39 is 0 Å². The Bertz CT molecular complexity index is 432. The molecule has 2 bridgehead atoms. The molecule has 0 aromatic carbocycles. The lowest BCUT2D eigenvalue weighted by Gasteiger charge is -2.29. The van der Waals surface area contributed by atoms with Crippen molar-refractivity contribution in [3.8, 4) is 0 Å². The third-order valence-corrected chi connectivity index (χ3v) is 6.83. The minimum absolute atomic E-state index is 0.252. The van der Waals surface area contributed by atoms with E-state index in [0.29, 0.717) is 17.9 Å². The SMILES string of the molecule is CCC1(C)NC(C(C)C)N(C2C3C4CCC(C4)C32)C1=O. The maximum Gasteiger partial charge on any atom is 0.244 e. The fourth-order valence-corrected chi connectivity index (χ4v) is 5.58. The Morgan fingerprint density at radius 1 is 1.30 bits per heavy atom. The number of carbonyl (C=O) groups is 1. The Labute approximate surface area is 122 Å². The predicted octanol–water partition coefficient (Wildman–Crippen LogP) is 2.61. The van der Waals surface area contributed by atoms with Crippen LogP contribution < -0.4 is 5.32 Å². The third kappa shape index (κ3) is 1.48. The lowest BCUT2D eigenvalue weighted by molar-refractivity contribution is -0.134. The van der Waals surface area contributed by atoms with Crippen LogP contribution in [0.25, 0.3) is 0 Å². The average Bonchev–Trinajstić information content (AvgIpc) is 2.74. The molecule has 4 aliphatic rings. The molecule has 4 fully saturated rings. The Hall–Kier alpha value is -0.570. The molecule has 0 radical (unpaired) electrons. The highest BCUT2D eigenvalue weighted by molar-refractivity contribution is 5.89. The van der Waals surface area contributed by atoms with Crippen LogP contribution in [0.4, 0.5) is 0 Å². The van der Waals surface area contributed by atoms with E-state index in [2.05, 4.69) is 37.9 Å². The van der Waals surface area contributed by atoms with Crippen molar-refractivity contribution < 1.29 is 4.79 Å². The largest absolute Gasteiger partial charge is 0.322 e. The summed E-state index contributed by atoms with van der Waals surface area (Å²) in [6, 6.07) is 0.571. The molecule has 20 heavy (non-hydrogen) atoms. The van der Waals surface area contributed by atoms with Crippen LogP contribution in [0.1, 0.15) is 53.4 Å². The molecule has 0 spiro atoms. The van der Waals surface area contributed by atoms with Crippen LogP contribution in [-0.2, 0) is 4.79 Å². The first-order valence-corrected chi connectivity index (χ1v) is 8.58. The normalized spacial score (nSPS) is 53.0. The standard InChI is InChI=1S/C17H28N2O/c1-5-17(4)16(20)19(15(18-17)9(2)3)14-12-10-6-7-11(8-10)13(12)14/h9-15,18H,5-8H2,1-4H3. The van der Waals surface area contributed by atoms with Crippen LogP contribution in [0.15, 0.2) is 0 Å². The van der Waals surface area contributed by atoms with Gasteiger partial charge < -0.3 is 4.90 Å². The van der Waals surface area contributed by atoms with Crippen molar-refractivity contribution in [1.29, 1.82) is 0 Å². The van der Waals surface area contributed by atoms with E-state index in [1.165, 1.54) is 19.3 Å². The average molecular weight is 276 g/mol. The lowest BCUT2D eigenvalue weighted by atomic mass is 9.99. The van der Waals surface area contributed by atoms with Crippen molar-refractivity contribution in [2.24, 2.45) is 29.6 Å². The Balaban J connectivity index is 1.62. The fourth-order valence-electron chi connectivity index (χ4n) is 5.58. The predicted molar refractivity (Wildman–Crippen MR) is 78.9 cm³/mol. The van der Waals surface area contributed by atoms with Gasteiger partial charge in [-0.05, 0) is 62.2 Å². The van der Waals surface area contributed by atoms with Gasteiger partial charge >= 0.3 is 0 Å². The second kappa shape index (κ2) is 4.00. The number of rotatable bonds is 3. The molecule has 1 amide bonds. The summed E-state index contributed by atoms with van der Waals surface area (Å²) in [6.07, 6.45) is 5.45. The summed E-state index contributed by atoms with van der Waals surface area (Å²) >= 11 is 0. The number of carbonyl (C=O) groups excluding carboxylic acids is 1. The maximum absolute atomic E-state index is 13.0. The van der Waals surface area contributed by atoms with Crippen LogP contribution >= 0.6 is 0 Å². The van der Waals surface area contributed by atoms with Gasteiger partial charge in [-0.25, -0.2) is 0 Å². The van der Waals surface area contributed by atoms with Crippen LogP contribution in [-0.4, -0.2) is 28.6 Å². The second-order valence-electron chi connectivity index (χ2n) is 8.21. The van der Waals surface area contributed by atoms with E-state index in [1.54, 1.807) is 0 Å². The molecule has 112 valence electrons.